The van der Waals surface area contributed by atoms with E-state index in [1.807, 2.05) is 12.1 Å². The number of anilines is 1. The highest BCUT2D eigenvalue weighted by Gasteiger charge is 2.21. The molecule has 144 valence electrons. The molecule has 1 aromatic carbocycles. The number of halogens is 2. The standard InChI is InChI=1S/C19H22Cl2N4O2/c20-14-3-2-12(10-15(14)21)18-17-13(4-7-23-17)11-16(25-18)19(27)24-6-1-5-22-8-9-26/h2-3,10-11,22-23,26H,1,4-9H2,(H,24,27). The molecule has 0 atom stereocenters. The van der Waals surface area contributed by atoms with Gasteiger partial charge in [-0.3, -0.25) is 4.79 Å². The first kappa shape index (κ1) is 19.9. The van der Waals surface area contributed by atoms with Gasteiger partial charge in [0.05, 0.1) is 28.0 Å². The smallest absolute Gasteiger partial charge is 0.269 e. The van der Waals surface area contributed by atoms with Gasteiger partial charge in [0.2, 0.25) is 0 Å². The van der Waals surface area contributed by atoms with Crippen LogP contribution in [0.4, 0.5) is 5.69 Å². The minimum absolute atomic E-state index is 0.108. The van der Waals surface area contributed by atoms with E-state index in [-0.39, 0.29) is 12.5 Å². The molecule has 8 heteroatoms. The Bertz CT molecular complexity index is 830. The van der Waals surface area contributed by atoms with E-state index in [2.05, 4.69) is 20.9 Å². The molecule has 0 spiro atoms. The number of amides is 1. The van der Waals surface area contributed by atoms with Gasteiger partial charge in [0.1, 0.15) is 5.69 Å². The van der Waals surface area contributed by atoms with Gasteiger partial charge >= 0.3 is 0 Å². The number of nitrogens with one attached hydrogen (secondary N) is 3. The van der Waals surface area contributed by atoms with Crippen LogP contribution >= 0.6 is 23.2 Å². The van der Waals surface area contributed by atoms with E-state index >= 15 is 0 Å². The highest BCUT2D eigenvalue weighted by molar-refractivity contribution is 6.42. The molecule has 0 aliphatic carbocycles. The van der Waals surface area contributed by atoms with Crippen LogP contribution in [0.1, 0.15) is 22.5 Å². The molecule has 3 rings (SSSR count). The lowest BCUT2D eigenvalue weighted by Crippen LogP contribution is -2.29. The monoisotopic (exact) mass is 408 g/mol. The van der Waals surface area contributed by atoms with Crippen LogP contribution in [0.15, 0.2) is 24.3 Å². The number of rotatable bonds is 8. The number of fused-ring (bicyclic) bond motifs is 1. The number of benzene rings is 1. The van der Waals surface area contributed by atoms with Gasteiger partial charge in [-0.2, -0.15) is 0 Å². The first-order valence-corrected chi connectivity index (χ1v) is 9.68. The van der Waals surface area contributed by atoms with Crippen LogP contribution in [0.2, 0.25) is 10.0 Å². The van der Waals surface area contributed by atoms with Crippen LogP contribution < -0.4 is 16.0 Å². The molecule has 2 heterocycles. The number of aliphatic hydroxyl groups is 1. The third kappa shape index (κ3) is 4.90. The van der Waals surface area contributed by atoms with Gasteiger partial charge in [0.15, 0.2) is 0 Å². The fourth-order valence-electron chi connectivity index (χ4n) is 2.99. The Morgan fingerprint density at radius 1 is 1.19 bits per heavy atom. The number of carbonyl (C=O) groups excluding carboxylic acids is 1. The molecule has 4 N–H and O–H groups in total. The quantitative estimate of drug-likeness (QED) is 0.504. The van der Waals surface area contributed by atoms with Crippen molar-refractivity contribution in [2.24, 2.45) is 0 Å². The van der Waals surface area contributed by atoms with E-state index in [9.17, 15) is 4.79 Å². The van der Waals surface area contributed by atoms with E-state index in [1.165, 1.54) is 0 Å². The third-order valence-corrected chi connectivity index (χ3v) is 5.07. The summed E-state index contributed by atoms with van der Waals surface area (Å²) in [7, 11) is 0. The molecule has 1 aromatic heterocycles. The number of hydrogen-bond donors (Lipinski definition) is 4. The van der Waals surface area contributed by atoms with Gasteiger partial charge in [-0.05, 0) is 43.1 Å². The van der Waals surface area contributed by atoms with Gasteiger partial charge in [-0.25, -0.2) is 4.98 Å². The van der Waals surface area contributed by atoms with Crippen molar-refractivity contribution in [3.8, 4) is 11.3 Å². The zero-order valence-corrected chi connectivity index (χ0v) is 16.3. The number of nitrogens with zero attached hydrogens (tertiary/aromatic N) is 1. The molecule has 2 aromatic rings. The summed E-state index contributed by atoms with van der Waals surface area (Å²) >= 11 is 12.2. The zero-order chi connectivity index (χ0) is 19.2. The van der Waals surface area contributed by atoms with Crippen molar-refractivity contribution in [2.75, 3.05) is 38.1 Å². The van der Waals surface area contributed by atoms with Crippen molar-refractivity contribution in [3.63, 3.8) is 0 Å². The molecule has 1 aliphatic rings. The number of aliphatic hydroxyl groups excluding tert-OH is 1. The third-order valence-electron chi connectivity index (χ3n) is 4.33. The normalized spacial score (nSPS) is 12.6. The van der Waals surface area contributed by atoms with Gasteiger partial charge in [0, 0.05) is 25.2 Å². The first-order chi connectivity index (χ1) is 13.1. The van der Waals surface area contributed by atoms with Crippen LogP contribution in [0.3, 0.4) is 0 Å². The van der Waals surface area contributed by atoms with E-state index in [1.54, 1.807) is 12.1 Å². The molecule has 0 saturated heterocycles. The summed E-state index contributed by atoms with van der Waals surface area (Å²) in [4.78, 5) is 17.1. The molecule has 1 aliphatic heterocycles. The predicted octanol–water partition coefficient (Wildman–Crippen LogP) is 2.73. The molecule has 0 radical (unpaired) electrons. The fourth-order valence-corrected chi connectivity index (χ4v) is 3.29. The number of pyridine rings is 1. The highest BCUT2D eigenvalue weighted by atomic mass is 35.5. The van der Waals surface area contributed by atoms with Gasteiger partial charge < -0.3 is 21.1 Å². The second-order valence-electron chi connectivity index (χ2n) is 6.28. The summed E-state index contributed by atoms with van der Waals surface area (Å²) < 4.78 is 0. The van der Waals surface area contributed by atoms with Crippen LogP contribution in [-0.2, 0) is 6.42 Å². The predicted molar refractivity (Wildman–Crippen MR) is 109 cm³/mol. The lowest BCUT2D eigenvalue weighted by Gasteiger charge is -2.12. The summed E-state index contributed by atoms with van der Waals surface area (Å²) in [6.45, 7) is 2.75. The molecule has 0 saturated carbocycles. The Labute approximate surface area is 168 Å². The average molecular weight is 409 g/mol. The molecular weight excluding hydrogens is 387 g/mol. The molecule has 0 unspecified atom stereocenters. The summed E-state index contributed by atoms with van der Waals surface area (Å²) in [6, 6.07) is 7.19. The first-order valence-electron chi connectivity index (χ1n) is 8.93. The molecule has 0 bridgehead atoms. The van der Waals surface area contributed by atoms with Crippen molar-refractivity contribution in [3.05, 3.63) is 45.6 Å². The van der Waals surface area contributed by atoms with Crippen LogP contribution in [0.5, 0.6) is 0 Å². The lowest BCUT2D eigenvalue weighted by atomic mass is 10.0. The largest absolute Gasteiger partial charge is 0.395 e. The lowest BCUT2D eigenvalue weighted by molar-refractivity contribution is 0.0948. The number of carbonyl (C=O) groups is 1. The van der Waals surface area contributed by atoms with Gasteiger partial charge in [-0.15, -0.1) is 0 Å². The zero-order valence-electron chi connectivity index (χ0n) is 14.8. The number of aromatic nitrogens is 1. The van der Waals surface area contributed by atoms with Crippen LogP contribution in [-0.4, -0.2) is 48.8 Å². The maximum absolute atomic E-state index is 12.5. The fraction of sp³-hybridized carbons (Fsp3) is 0.368. The summed E-state index contributed by atoms with van der Waals surface area (Å²) in [5.41, 5.74) is 3.93. The van der Waals surface area contributed by atoms with Crippen molar-refractivity contribution in [1.29, 1.82) is 0 Å². The highest BCUT2D eigenvalue weighted by Crippen LogP contribution is 2.36. The Kier molecular flexibility index (Phi) is 6.90. The molecule has 0 fully saturated rings. The van der Waals surface area contributed by atoms with Gasteiger partial charge in [-0.1, -0.05) is 29.3 Å². The van der Waals surface area contributed by atoms with Crippen molar-refractivity contribution >= 4 is 34.8 Å². The van der Waals surface area contributed by atoms with Crippen molar-refractivity contribution in [2.45, 2.75) is 12.8 Å². The van der Waals surface area contributed by atoms with E-state index in [4.69, 9.17) is 28.3 Å². The Balaban J connectivity index is 1.77. The topological polar surface area (TPSA) is 86.3 Å². The molecule has 6 nitrogen and oxygen atoms in total. The second kappa shape index (κ2) is 9.37. The van der Waals surface area contributed by atoms with Crippen molar-refractivity contribution in [1.82, 2.24) is 15.6 Å². The molecule has 1 amide bonds. The summed E-state index contributed by atoms with van der Waals surface area (Å²) in [5, 5.41) is 19.0. The number of hydrogen-bond acceptors (Lipinski definition) is 5. The minimum atomic E-state index is -0.201. The summed E-state index contributed by atoms with van der Waals surface area (Å²) in [5.74, 6) is -0.201. The Morgan fingerprint density at radius 2 is 2.04 bits per heavy atom. The average Bonchev–Trinajstić information content (AvgIpc) is 3.14. The van der Waals surface area contributed by atoms with E-state index in [0.717, 1.165) is 42.7 Å². The van der Waals surface area contributed by atoms with Crippen LogP contribution in [0, 0.1) is 0 Å². The van der Waals surface area contributed by atoms with E-state index in [0.29, 0.717) is 34.5 Å². The van der Waals surface area contributed by atoms with Gasteiger partial charge in [0.25, 0.3) is 5.91 Å². The second-order valence-corrected chi connectivity index (χ2v) is 7.09. The maximum atomic E-state index is 12.5. The summed E-state index contributed by atoms with van der Waals surface area (Å²) in [6.07, 6.45) is 1.62. The van der Waals surface area contributed by atoms with Crippen LogP contribution in [0.25, 0.3) is 11.3 Å². The SMILES string of the molecule is O=C(NCCCNCCO)c1cc2c(c(-c3ccc(Cl)c(Cl)c3)n1)NCC2. The molecule has 27 heavy (non-hydrogen) atoms. The van der Waals surface area contributed by atoms with Crippen molar-refractivity contribution < 1.29 is 9.90 Å². The Hall–Kier alpha value is -1.86. The maximum Gasteiger partial charge on any atom is 0.269 e. The minimum Gasteiger partial charge on any atom is -0.395 e. The van der Waals surface area contributed by atoms with E-state index < -0.39 is 0 Å². The molecular formula is C19H22Cl2N4O2. The Morgan fingerprint density at radius 3 is 2.81 bits per heavy atom.